The fraction of sp³-hybridized carbons (Fsp3) is 0.571. The van der Waals surface area contributed by atoms with Crippen LogP contribution < -0.4 is 0 Å². The first-order valence-corrected chi connectivity index (χ1v) is 7.98. The molecule has 0 unspecified atom stereocenters. The molecule has 0 heterocycles. The smallest absolute Gasteiger partial charge is 0.243 e. The van der Waals surface area contributed by atoms with Gasteiger partial charge in [-0.05, 0) is 64.2 Å². The number of benzene rings is 1. The van der Waals surface area contributed by atoms with Gasteiger partial charge in [0.2, 0.25) is 10.0 Å². The number of hydrogen-bond donors (Lipinski definition) is 0. The van der Waals surface area contributed by atoms with Crippen LogP contribution in [0.1, 0.15) is 17.5 Å². The Kier molecular flexibility index (Phi) is 5.68. The lowest BCUT2D eigenvalue weighted by atomic mass is 10.1. The van der Waals surface area contributed by atoms with Crippen LogP contribution in [-0.4, -0.2) is 51.9 Å². The van der Waals surface area contributed by atoms with Crippen LogP contribution >= 0.6 is 0 Å². The molecule has 0 radical (unpaired) electrons. The second kappa shape index (κ2) is 6.65. The van der Waals surface area contributed by atoms with Gasteiger partial charge in [0, 0.05) is 13.6 Å². The van der Waals surface area contributed by atoms with Crippen molar-refractivity contribution in [3.05, 3.63) is 29.1 Å². The van der Waals surface area contributed by atoms with Crippen molar-refractivity contribution < 1.29 is 12.8 Å². The van der Waals surface area contributed by atoms with Gasteiger partial charge in [0.15, 0.2) is 0 Å². The third-order valence-corrected chi connectivity index (χ3v) is 5.33. The number of hydrogen-bond acceptors (Lipinski definition) is 3. The summed E-state index contributed by atoms with van der Waals surface area (Å²) in [7, 11) is 1.89. The summed E-state index contributed by atoms with van der Waals surface area (Å²) in [4.78, 5) is 2.22. The molecule has 0 aliphatic rings. The van der Waals surface area contributed by atoms with Crippen molar-refractivity contribution in [1.29, 1.82) is 0 Å². The van der Waals surface area contributed by atoms with E-state index in [0.717, 1.165) is 13.0 Å². The highest BCUT2D eigenvalue weighted by atomic mass is 32.2. The summed E-state index contributed by atoms with van der Waals surface area (Å²) in [6.45, 7) is 4.51. The summed E-state index contributed by atoms with van der Waals surface area (Å²) in [5, 5.41) is 0. The molecule has 1 rings (SSSR count). The SMILES string of the molecule is Cc1cc(F)cc(C)c1S(=O)(=O)N(C)CCCN(C)C. The summed E-state index contributed by atoms with van der Waals surface area (Å²) < 4.78 is 39.7. The van der Waals surface area contributed by atoms with E-state index in [1.165, 1.54) is 16.4 Å². The van der Waals surface area contributed by atoms with Crippen LogP contribution in [0.2, 0.25) is 0 Å². The van der Waals surface area contributed by atoms with E-state index in [1.54, 1.807) is 20.9 Å². The second-order valence-corrected chi connectivity index (χ2v) is 7.33. The van der Waals surface area contributed by atoms with Crippen molar-refractivity contribution in [3.8, 4) is 0 Å². The van der Waals surface area contributed by atoms with Crippen molar-refractivity contribution in [2.75, 3.05) is 34.2 Å². The van der Waals surface area contributed by atoms with Crippen molar-refractivity contribution in [2.45, 2.75) is 25.2 Å². The fourth-order valence-electron chi connectivity index (χ4n) is 2.19. The molecule has 0 N–H and O–H groups in total. The quantitative estimate of drug-likeness (QED) is 0.807. The van der Waals surface area contributed by atoms with Gasteiger partial charge in [0.25, 0.3) is 0 Å². The first kappa shape index (κ1) is 17.1. The van der Waals surface area contributed by atoms with Crippen LogP contribution in [0.25, 0.3) is 0 Å². The van der Waals surface area contributed by atoms with Gasteiger partial charge >= 0.3 is 0 Å². The Balaban J connectivity index is 2.99. The maximum Gasteiger partial charge on any atom is 0.243 e. The molecule has 0 saturated heterocycles. The fourth-order valence-corrected chi connectivity index (χ4v) is 3.80. The zero-order valence-corrected chi connectivity index (χ0v) is 13.6. The highest BCUT2D eigenvalue weighted by molar-refractivity contribution is 7.89. The van der Waals surface area contributed by atoms with Crippen molar-refractivity contribution >= 4 is 10.0 Å². The zero-order chi connectivity index (χ0) is 15.5. The number of sulfonamides is 1. The topological polar surface area (TPSA) is 40.6 Å². The van der Waals surface area contributed by atoms with Gasteiger partial charge in [0.1, 0.15) is 5.82 Å². The van der Waals surface area contributed by atoms with Gasteiger partial charge in [-0.2, -0.15) is 0 Å². The molecule has 114 valence electrons. The predicted molar refractivity (Wildman–Crippen MR) is 78.9 cm³/mol. The zero-order valence-electron chi connectivity index (χ0n) is 12.8. The maximum absolute atomic E-state index is 13.3. The van der Waals surface area contributed by atoms with E-state index >= 15 is 0 Å². The van der Waals surface area contributed by atoms with E-state index in [0.29, 0.717) is 17.7 Å². The minimum atomic E-state index is -3.57. The van der Waals surface area contributed by atoms with Gasteiger partial charge in [-0.3, -0.25) is 0 Å². The lowest BCUT2D eigenvalue weighted by Crippen LogP contribution is -2.31. The Bertz CT molecular complexity index is 548. The summed E-state index contributed by atoms with van der Waals surface area (Å²) in [5.41, 5.74) is 0.893. The first-order valence-electron chi connectivity index (χ1n) is 6.54. The monoisotopic (exact) mass is 302 g/mol. The molecule has 0 bridgehead atoms. The van der Waals surface area contributed by atoms with Gasteiger partial charge in [-0.25, -0.2) is 17.1 Å². The Morgan fingerprint density at radius 2 is 1.55 bits per heavy atom. The molecule has 20 heavy (non-hydrogen) atoms. The van der Waals surface area contributed by atoms with Crippen molar-refractivity contribution in [2.24, 2.45) is 0 Å². The molecule has 6 heteroatoms. The Morgan fingerprint density at radius 1 is 1.05 bits per heavy atom. The number of aryl methyl sites for hydroxylation is 2. The summed E-state index contributed by atoms with van der Waals surface area (Å²) in [6.07, 6.45) is 0.752. The van der Waals surface area contributed by atoms with Crippen LogP contribution in [0.3, 0.4) is 0 Å². The largest absolute Gasteiger partial charge is 0.309 e. The highest BCUT2D eigenvalue weighted by Crippen LogP contribution is 2.24. The molecule has 0 aromatic heterocycles. The molecule has 4 nitrogen and oxygen atoms in total. The molecule has 0 spiro atoms. The molecular formula is C14H23FN2O2S. The molecule has 0 saturated carbocycles. The highest BCUT2D eigenvalue weighted by Gasteiger charge is 2.24. The van der Waals surface area contributed by atoms with Crippen LogP contribution in [0.5, 0.6) is 0 Å². The Morgan fingerprint density at radius 3 is 2.00 bits per heavy atom. The minimum Gasteiger partial charge on any atom is -0.309 e. The molecule has 1 aromatic carbocycles. The normalized spacial score (nSPS) is 12.4. The number of halogens is 1. The van der Waals surface area contributed by atoms with Crippen LogP contribution in [0.15, 0.2) is 17.0 Å². The lowest BCUT2D eigenvalue weighted by Gasteiger charge is -2.21. The van der Waals surface area contributed by atoms with E-state index in [1.807, 2.05) is 19.0 Å². The summed E-state index contributed by atoms with van der Waals surface area (Å²) >= 11 is 0. The average molecular weight is 302 g/mol. The van der Waals surface area contributed by atoms with Gasteiger partial charge < -0.3 is 4.90 Å². The third kappa shape index (κ3) is 4.01. The van der Waals surface area contributed by atoms with Gasteiger partial charge in [0.05, 0.1) is 4.90 Å². The molecule has 0 aliphatic heterocycles. The maximum atomic E-state index is 13.3. The van der Waals surface area contributed by atoms with E-state index in [4.69, 9.17) is 0 Å². The summed E-state index contributed by atoms with van der Waals surface area (Å²) in [6, 6.07) is 2.51. The Hall–Kier alpha value is -0.980. The number of rotatable bonds is 6. The van der Waals surface area contributed by atoms with Gasteiger partial charge in [-0.1, -0.05) is 0 Å². The van der Waals surface area contributed by atoms with Crippen molar-refractivity contribution in [1.82, 2.24) is 9.21 Å². The van der Waals surface area contributed by atoms with E-state index in [9.17, 15) is 12.8 Å². The second-order valence-electron chi connectivity index (χ2n) is 5.35. The molecule has 0 aliphatic carbocycles. The number of nitrogens with zero attached hydrogens (tertiary/aromatic N) is 2. The van der Waals surface area contributed by atoms with E-state index in [2.05, 4.69) is 0 Å². The molecule has 0 amide bonds. The molecular weight excluding hydrogens is 279 g/mol. The van der Waals surface area contributed by atoms with Crippen LogP contribution in [0.4, 0.5) is 4.39 Å². The lowest BCUT2D eigenvalue weighted by molar-refractivity contribution is 0.370. The molecule has 0 atom stereocenters. The standard InChI is InChI=1S/C14H23FN2O2S/c1-11-9-13(15)10-12(2)14(11)20(18,19)17(5)8-6-7-16(3)4/h9-10H,6-8H2,1-5H3. The van der Waals surface area contributed by atoms with E-state index < -0.39 is 15.8 Å². The van der Waals surface area contributed by atoms with Gasteiger partial charge in [-0.15, -0.1) is 0 Å². The average Bonchev–Trinajstić information content (AvgIpc) is 2.26. The summed E-state index contributed by atoms with van der Waals surface area (Å²) in [5.74, 6) is -0.408. The third-order valence-electron chi connectivity index (χ3n) is 3.17. The predicted octanol–water partition coefficient (Wildman–Crippen LogP) is 2.01. The first-order chi connectivity index (χ1) is 9.16. The van der Waals surface area contributed by atoms with E-state index in [-0.39, 0.29) is 4.90 Å². The van der Waals surface area contributed by atoms with Crippen LogP contribution in [-0.2, 0) is 10.0 Å². The minimum absolute atomic E-state index is 0.214. The molecule has 1 aromatic rings. The molecule has 0 fully saturated rings. The Labute approximate surface area is 121 Å². The van der Waals surface area contributed by atoms with Crippen LogP contribution in [0, 0.1) is 19.7 Å². The van der Waals surface area contributed by atoms with Crippen molar-refractivity contribution in [3.63, 3.8) is 0 Å².